The van der Waals surface area contributed by atoms with E-state index in [1.807, 2.05) is 6.92 Å². The van der Waals surface area contributed by atoms with Gasteiger partial charge in [0.15, 0.2) is 0 Å². The molecule has 2 saturated heterocycles. The Balaban J connectivity index is 1.65. The Morgan fingerprint density at radius 3 is 2.31 bits per heavy atom. The first kappa shape index (κ1) is 27.7. The number of hydrogen-bond donors (Lipinski definition) is 4. The summed E-state index contributed by atoms with van der Waals surface area (Å²) in [6, 6.07) is 3.44. The lowest BCUT2D eigenvalue weighted by Gasteiger charge is -2.39. The van der Waals surface area contributed by atoms with E-state index in [1.54, 1.807) is 24.0 Å². The molecule has 0 aliphatic carbocycles. The molecule has 2 aliphatic rings. The lowest BCUT2D eigenvalue weighted by Crippen LogP contribution is -2.51. The van der Waals surface area contributed by atoms with Crippen molar-refractivity contribution < 1.29 is 23.6 Å². The second-order valence-electron chi connectivity index (χ2n) is 9.78. The monoisotopic (exact) mass is 536 g/mol. The summed E-state index contributed by atoms with van der Waals surface area (Å²) in [5.41, 5.74) is 8.29. The van der Waals surface area contributed by atoms with Crippen LogP contribution in [0.1, 0.15) is 36.3 Å². The topological polar surface area (TPSA) is 156 Å². The molecule has 11 heteroatoms. The molecule has 11 nitrogen and oxygen atoms in total. The number of primary amides is 1. The first-order valence-electron chi connectivity index (χ1n) is 12.9. The summed E-state index contributed by atoms with van der Waals surface area (Å²) in [6.45, 7) is 9.16. The molecule has 2 fully saturated rings. The van der Waals surface area contributed by atoms with Crippen LogP contribution >= 0.6 is 0 Å². The van der Waals surface area contributed by atoms with Gasteiger partial charge in [-0.05, 0) is 57.2 Å². The molecule has 1 aromatic carbocycles. The molecular weight excluding hydrogens is 500 g/mol. The summed E-state index contributed by atoms with van der Waals surface area (Å²) >= 11 is 0. The Morgan fingerprint density at radius 1 is 1.15 bits per heavy atom. The number of carbonyl (C=O) groups is 2. The number of benzene rings is 1. The summed E-state index contributed by atoms with van der Waals surface area (Å²) in [4.78, 5) is 26.5. The minimum Gasteiger partial charge on any atom is -0.496 e. The third-order valence-corrected chi connectivity index (χ3v) is 7.51. The first-order chi connectivity index (χ1) is 18.7. The van der Waals surface area contributed by atoms with E-state index in [0.29, 0.717) is 65.5 Å². The number of aromatic nitrogens is 1. The lowest BCUT2D eigenvalue weighted by atomic mass is 9.86. The van der Waals surface area contributed by atoms with Crippen molar-refractivity contribution in [2.45, 2.75) is 39.2 Å². The Labute approximate surface area is 227 Å². The number of aryl methyl sites for hydroxylation is 2. The molecular formula is C28H36N6O5. The highest BCUT2D eigenvalue weighted by Crippen LogP contribution is 2.43. The smallest absolute Gasteiger partial charge is 0.254 e. The maximum atomic E-state index is 12.7. The van der Waals surface area contributed by atoms with E-state index in [9.17, 15) is 9.59 Å². The van der Waals surface area contributed by atoms with Gasteiger partial charge in [0.25, 0.3) is 5.91 Å². The van der Waals surface area contributed by atoms with Crippen molar-refractivity contribution >= 4 is 17.5 Å². The number of likely N-dealkylation sites (tertiary alicyclic amines) is 1. The molecule has 39 heavy (non-hydrogen) atoms. The molecule has 1 unspecified atom stereocenters. The number of amides is 2. The van der Waals surface area contributed by atoms with E-state index in [0.717, 1.165) is 24.8 Å². The van der Waals surface area contributed by atoms with Gasteiger partial charge in [-0.2, -0.15) is 0 Å². The van der Waals surface area contributed by atoms with Crippen molar-refractivity contribution in [2.75, 3.05) is 33.9 Å². The van der Waals surface area contributed by atoms with Crippen LogP contribution in [0, 0.1) is 25.2 Å². The molecule has 2 aliphatic heterocycles. The number of nitrogens with zero attached hydrogens (tertiary/aromatic N) is 2. The molecule has 1 aromatic heterocycles. The zero-order chi connectivity index (χ0) is 28.3. The highest BCUT2D eigenvalue weighted by atomic mass is 16.5. The summed E-state index contributed by atoms with van der Waals surface area (Å²) in [5, 5.41) is 19.7. The summed E-state index contributed by atoms with van der Waals surface area (Å²) in [6.07, 6.45) is 3.87. The fourth-order valence-electron chi connectivity index (χ4n) is 5.48. The molecule has 0 spiro atoms. The SMILES string of the molecule is C=CC(=O)N1CCC(C2CCN/C(=C(/C(=N)c3cc(OC)c(-c4c(C)noc4C)c(OC)c3)C(N)=O)N2)CC1. The van der Waals surface area contributed by atoms with Gasteiger partial charge in [-0.25, -0.2) is 0 Å². The van der Waals surface area contributed by atoms with E-state index < -0.39 is 5.91 Å². The van der Waals surface area contributed by atoms with Crippen molar-refractivity contribution in [3.63, 3.8) is 0 Å². The van der Waals surface area contributed by atoms with Gasteiger partial charge in [-0.1, -0.05) is 11.7 Å². The van der Waals surface area contributed by atoms with Crippen LogP contribution in [-0.4, -0.2) is 67.5 Å². The van der Waals surface area contributed by atoms with E-state index in [-0.39, 0.29) is 23.2 Å². The standard InChI is InChI=1S/C28H36N6O5/c1-6-22(35)34-11-8-17(9-12-34)19-7-10-31-28(32-19)25(27(30)36)26(29)18-13-20(37-4)24(21(14-18)38-5)23-15(2)33-39-16(23)3/h6,13-14,17,19,29,31-32H,1,7-12H2,2-5H3,(H2,30,36)/b28-25+,29-26?. The number of methoxy groups -OCH3 is 2. The zero-order valence-electron chi connectivity index (χ0n) is 22.8. The van der Waals surface area contributed by atoms with Gasteiger partial charge in [0, 0.05) is 31.2 Å². The molecule has 4 rings (SSSR count). The van der Waals surface area contributed by atoms with Crippen molar-refractivity contribution in [1.82, 2.24) is 20.7 Å². The largest absolute Gasteiger partial charge is 0.496 e. The second-order valence-corrected chi connectivity index (χ2v) is 9.78. The number of hydrogen-bond acceptors (Lipinski definition) is 9. The van der Waals surface area contributed by atoms with E-state index in [4.69, 9.17) is 25.1 Å². The molecule has 2 amide bonds. The number of carbonyl (C=O) groups excluding carboxylic acids is 2. The van der Waals surface area contributed by atoms with E-state index in [1.165, 1.54) is 20.3 Å². The van der Waals surface area contributed by atoms with Crippen LogP contribution in [0.3, 0.4) is 0 Å². The van der Waals surface area contributed by atoms with Crippen LogP contribution in [0.2, 0.25) is 0 Å². The third-order valence-electron chi connectivity index (χ3n) is 7.51. The Bertz CT molecular complexity index is 1280. The third kappa shape index (κ3) is 5.47. The average molecular weight is 537 g/mol. The number of nitrogens with one attached hydrogen (secondary N) is 3. The Hall–Kier alpha value is -4.28. The number of piperidine rings is 1. The van der Waals surface area contributed by atoms with Gasteiger partial charge < -0.3 is 35.3 Å². The zero-order valence-corrected chi connectivity index (χ0v) is 22.8. The van der Waals surface area contributed by atoms with Crippen LogP contribution < -0.4 is 25.8 Å². The number of nitrogens with two attached hydrogens (primary N) is 1. The quantitative estimate of drug-likeness (QED) is 0.296. The molecule has 208 valence electrons. The summed E-state index contributed by atoms with van der Waals surface area (Å²) < 4.78 is 16.7. The van der Waals surface area contributed by atoms with Crippen molar-refractivity contribution in [3.8, 4) is 22.6 Å². The average Bonchev–Trinajstić information content (AvgIpc) is 3.28. The molecule has 0 radical (unpaired) electrons. The van der Waals surface area contributed by atoms with Crippen LogP contribution in [0.15, 0.2) is 40.7 Å². The molecule has 1 atom stereocenters. The van der Waals surface area contributed by atoms with Gasteiger partial charge in [0.2, 0.25) is 5.91 Å². The molecule has 0 bridgehead atoms. The van der Waals surface area contributed by atoms with Gasteiger partial charge in [0.05, 0.1) is 36.8 Å². The van der Waals surface area contributed by atoms with Gasteiger partial charge >= 0.3 is 0 Å². The molecule has 5 N–H and O–H groups in total. The molecule has 3 heterocycles. The van der Waals surface area contributed by atoms with Crippen molar-refractivity contribution in [3.05, 3.63) is 53.2 Å². The predicted molar refractivity (Wildman–Crippen MR) is 147 cm³/mol. The highest BCUT2D eigenvalue weighted by molar-refractivity contribution is 6.27. The predicted octanol–water partition coefficient (Wildman–Crippen LogP) is 2.42. The lowest BCUT2D eigenvalue weighted by molar-refractivity contribution is -0.127. The molecule has 0 saturated carbocycles. The number of ether oxygens (including phenoxy) is 2. The Kier molecular flexibility index (Phi) is 8.27. The fraction of sp³-hybridized carbons (Fsp3) is 0.429. The van der Waals surface area contributed by atoms with Crippen LogP contribution in [-0.2, 0) is 9.59 Å². The minimum atomic E-state index is -0.727. The Morgan fingerprint density at radius 2 is 1.79 bits per heavy atom. The summed E-state index contributed by atoms with van der Waals surface area (Å²) in [5.74, 6) is 1.46. The van der Waals surface area contributed by atoms with Gasteiger partial charge in [-0.3, -0.25) is 15.0 Å². The van der Waals surface area contributed by atoms with Gasteiger partial charge in [-0.15, -0.1) is 0 Å². The maximum Gasteiger partial charge on any atom is 0.254 e. The van der Waals surface area contributed by atoms with Crippen molar-refractivity contribution in [1.29, 1.82) is 5.41 Å². The minimum absolute atomic E-state index is 0.0492. The van der Waals surface area contributed by atoms with E-state index >= 15 is 0 Å². The van der Waals surface area contributed by atoms with Crippen LogP contribution in [0.5, 0.6) is 11.5 Å². The number of rotatable bonds is 8. The fourth-order valence-corrected chi connectivity index (χ4v) is 5.48. The normalized spacial score (nSPS) is 19.0. The second kappa shape index (κ2) is 11.6. The first-order valence-corrected chi connectivity index (χ1v) is 12.9. The maximum absolute atomic E-state index is 12.7. The van der Waals surface area contributed by atoms with Crippen LogP contribution in [0.4, 0.5) is 0 Å². The van der Waals surface area contributed by atoms with E-state index in [2.05, 4.69) is 22.4 Å². The van der Waals surface area contributed by atoms with Crippen molar-refractivity contribution in [2.24, 2.45) is 11.7 Å². The van der Waals surface area contributed by atoms with Gasteiger partial charge in [0.1, 0.15) is 28.7 Å². The van der Waals surface area contributed by atoms with Crippen LogP contribution in [0.25, 0.3) is 11.1 Å². The molecule has 2 aromatic rings. The highest BCUT2D eigenvalue weighted by Gasteiger charge is 2.32. The summed E-state index contributed by atoms with van der Waals surface area (Å²) in [7, 11) is 3.06.